The van der Waals surface area contributed by atoms with E-state index >= 15 is 0 Å². The molecule has 0 unspecified atom stereocenters. The second-order valence-corrected chi connectivity index (χ2v) is 3.29. The fourth-order valence-electron chi connectivity index (χ4n) is 1.48. The van der Waals surface area contributed by atoms with Crippen LogP contribution in [0.15, 0.2) is 16.8 Å². The fourth-order valence-corrected chi connectivity index (χ4v) is 1.48. The van der Waals surface area contributed by atoms with Crippen molar-refractivity contribution in [2.24, 2.45) is 0 Å². The molecule has 0 bridgehead atoms. The first-order valence-corrected chi connectivity index (χ1v) is 3.72. The Morgan fingerprint density at radius 1 is 1.60 bits per heavy atom. The van der Waals surface area contributed by atoms with Crippen molar-refractivity contribution in [2.45, 2.75) is 31.6 Å². The first kappa shape index (κ1) is 5.96. The van der Waals surface area contributed by atoms with E-state index in [9.17, 15) is 0 Å². The summed E-state index contributed by atoms with van der Waals surface area (Å²) in [7, 11) is 0. The van der Waals surface area contributed by atoms with Gasteiger partial charge in [0.1, 0.15) is 5.76 Å². The molecule has 1 fully saturated rings. The molecule has 1 heterocycles. The summed E-state index contributed by atoms with van der Waals surface area (Å²) in [6.07, 6.45) is 5.56. The molecule has 2 rings (SSSR count). The van der Waals surface area contributed by atoms with Crippen LogP contribution in [0.2, 0.25) is 0 Å². The predicted octanol–water partition coefficient (Wildman–Crippen LogP) is 2.12. The van der Waals surface area contributed by atoms with Crippen LogP contribution in [0.1, 0.15) is 31.9 Å². The van der Waals surface area contributed by atoms with E-state index in [1.807, 2.05) is 6.07 Å². The molecule has 0 spiro atoms. The summed E-state index contributed by atoms with van der Waals surface area (Å²) in [5.41, 5.74) is 0.316. The lowest BCUT2D eigenvalue weighted by molar-refractivity contribution is 0.203. The Kier molecular flexibility index (Phi) is 1.10. The van der Waals surface area contributed by atoms with Crippen LogP contribution in [0.4, 0.5) is 0 Å². The standard InChI is InChI=1S/C8H11NO/c1-8(4-2-5-8)7-3-6-9-10-7/h3,6H,2,4-5H2,1H3. The summed E-state index contributed by atoms with van der Waals surface area (Å²) < 4.78 is 5.09. The van der Waals surface area contributed by atoms with Crippen LogP contribution in [-0.4, -0.2) is 5.16 Å². The number of aromatic nitrogens is 1. The summed E-state index contributed by atoms with van der Waals surface area (Å²) in [5, 5.41) is 3.70. The molecule has 1 aromatic heterocycles. The lowest BCUT2D eigenvalue weighted by atomic mass is 9.69. The molecular formula is C8H11NO. The summed E-state index contributed by atoms with van der Waals surface area (Å²) >= 11 is 0. The van der Waals surface area contributed by atoms with Gasteiger partial charge >= 0.3 is 0 Å². The van der Waals surface area contributed by atoms with Gasteiger partial charge in [-0.3, -0.25) is 0 Å². The van der Waals surface area contributed by atoms with Crippen LogP contribution in [0.3, 0.4) is 0 Å². The largest absolute Gasteiger partial charge is 0.361 e. The smallest absolute Gasteiger partial charge is 0.142 e. The van der Waals surface area contributed by atoms with Gasteiger partial charge in [-0.2, -0.15) is 0 Å². The van der Waals surface area contributed by atoms with Crippen LogP contribution in [0.5, 0.6) is 0 Å². The number of nitrogens with zero attached hydrogens (tertiary/aromatic N) is 1. The van der Waals surface area contributed by atoms with Crippen molar-refractivity contribution < 1.29 is 4.52 Å². The van der Waals surface area contributed by atoms with E-state index in [4.69, 9.17) is 4.52 Å². The zero-order valence-corrected chi connectivity index (χ0v) is 6.13. The van der Waals surface area contributed by atoms with Gasteiger partial charge < -0.3 is 4.52 Å². The third-order valence-electron chi connectivity index (χ3n) is 2.49. The molecular weight excluding hydrogens is 126 g/mol. The van der Waals surface area contributed by atoms with Gasteiger partial charge in [0.05, 0.1) is 6.20 Å². The molecule has 0 radical (unpaired) electrons. The topological polar surface area (TPSA) is 26.0 Å². The fraction of sp³-hybridized carbons (Fsp3) is 0.625. The normalized spacial score (nSPS) is 22.1. The summed E-state index contributed by atoms with van der Waals surface area (Å²) in [5.74, 6) is 1.05. The van der Waals surface area contributed by atoms with Crippen molar-refractivity contribution >= 4 is 0 Å². The second kappa shape index (κ2) is 1.84. The molecule has 0 aliphatic heterocycles. The highest BCUT2D eigenvalue weighted by Gasteiger charge is 2.36. The lowest BCUT2D eigenvalue weighted by Gasteiger charge is -2.35. The van der Waals surface area contributed by atoms with E-state index in [1.54, 1.807) is 6.20 Å². The highest BCUT2D eigenvalue weighted by Crippen LogP contribution is 2.42. The first-order chi connectivity index (χ1) is 4.81. The van der Waals surface area contributed by atoms with E-state index in [2.05, 4.69) is 12.1 Å². The molecule has 1 aliphatic carbocycles. The first-order valence-electron chi connectivity index (χ1n) is 3.72. The van der Waals surface area contributed by atoms with Crippen molar-refractivity contribution in [1.29, 1.82) is 0 Å². The zero-order chi connectivity index (χ0) is 7.03. The monoisotopic (exact) mass is 137 g/mol. The van der Waals surface area contributed by atoms with Gasteiger partial charge in [0.25, 0.3) is 0 Å². The molecule has 1 aliphatic rings. The molecule has 1 saturated carbocycles. The van der Waals surface area contributed by atoms with Crippen molar-refractivity contribution in [1.82, 2.24) is 5.16 Å². The maximum Gasteiger partial charge on any atom is 0.142 e. The van der Waals surface area contributed by atoms with Gasteiger partial charge in [0, 0.05) is 11.5 Å². The van der Waals surface area contributed by atoms with Crippen molar-refractivity contribution in [3.63, 3.8) is 0 Å². The molecule has 0 aromatic carbocycles. The highest BCUT2D eigenvalue weighted by molar-refractivity contribution is 5.13. The number of hydrogen-bond acceptors (Lipinski definition) is 2. The van der Waals surface area contributed by atoms with Crippen molar-refractivity contribution in [3.8, 4) is 0 Å². The Labute approximate surface area is 60.2 Å². The van der Waals surface area contributed by atoms with Crippen LogP contribution >= 0.6 is 0 Å². The maximum absolute atomic E-state index is 5.09. The van der Waals surface area contributed by atoms with Gasteiger partial charge in [-0.15, -0.1) is 0 Å². The Morgan fingerprint density at radius 3 is 2.80 bits per heavy atom. The van der Waals surface area contributed by atoms with E-state index < -0.39 is 0 Å². The molecule has 2 nitrogen and oxygen atoms in total. The molecule has 0 atom stereocenters. The molecule has 10 heavy (non-hydrogen) atoms. The van der Waals surface area contributed by atoms with E-state index in [-0.39, 0.29) is 0 Å². The summed E-state index contributed by atoms with van der Waals surface area (Å²) in [6, 6.07) is 1.97. The average molecular weight is 137 g/mol. The molecule has 2 heteroatoms. The minimum Gasteiger partial charge on any atom is -0.361 e. The minimum absolute atomic E-state index is 0.316. The quantitative estimate of drug-likeness (QED) is 0.592. The van der Waals surface area contributed by atoms with E-state index in [1.165, 1.54) is 19.3 Å². The van der Waals surface area contributed by atoms with E-state index in [0.717, 1.165) is 5.76 Å². The maximum atomic E-state index is 5.09. The van der Waals surface area contributed by atoms with Crippen LogP contribution in [0.25, 0.3) is 0 Å². The lowest BCUT2D eigenvalue weighted by Crippen LogP contribution is -2.29. The molecule has 0 amide bonds. The number of hydrogen-bond donors (Lipinski definition) is 0. The van der Waals surface area contributed by atoms with Crippen molar-refractivity contribution in [2.75, 3.05) is 0 Å². The second-order valence-electron chi connectivity index (χ2n) is 3.29. The Balaban J connectivity index is 2.27. The Bertz CT molecular complexity index is 211. The summed E-state index contributed by atoms with van der Waals surface area (Å²) in [4.78, 5) is 0. The van der Waals surface area contributed by atoms with Gasteiger partial charge in [0.2, 0.25) is 0 Å². The average Bonchev–Trinajstić information content (AvgIpc) is 2.33. The van der Waals surface area contributed by atoms with Gasteiger partial charge in [-0.1, -0.05) is 18.5 Å². The Hall–Kier alpha value is -0.790. The molecule has 0 saturated heterocycles. The van der Waals surface area contributed by atoms with Crippen LogP contribution in [-0.2, 0) is 5.41 Å². The Morgan fingerprint density at radius 2 is 2.40 bits per heavy atom. The molecule has 54 valence electrons. The van der Waals surface area contributed by atoms with Crippen molar-refractivity contribution in [3.05, 3.63) is 18.0 Å². The summed E-state index contributed by atoms with van der Waals surface area (Å²) in [6.45, 7) is 2.23. The van der Waals surface area contributed by atoms with Crippen LogP contribution < -0.4 is 0 Å². The SMILES string of the molecule is CC1(c2ccno2)CCC1. The third kappa shape index (κ3) is 0.681. The van der Waals surface area contributed by atoms with Gasteiger partial charge in [0.15, 0.2) is 0 Å². The zero-order valence-electron chi connectivity index (χ0n) is 6.13. The van der Waals surface area contributed by atoms with Gasteiger partial charge in [-0.05, 0) is 12.8 Å². The highest BCUT2D eigenvalue weighted by atomic mass is 16.5. The van der Waals surface area contributed by atoms with E-state index in [0.29, 0.717) is 5.41 Å². The molecule has 1 aromatic rings. The third-order valence-corrected chi connectivity index (χ3v) is 2.49. The number of rotatable bonds is 1. The van der Waals surface area contributed by atoms with Gasteiger partial charge in [-0.25, -0.2) is 0 Å². The minimum atomic E-state index is 0.316. The van der Waals surface area contributed by atoms with Crippen LogP contribution in [0, 0.1) is 0 Å². The predicted molar refractivity (Wildman–Crippen MR) is 37.7 cm³/mol. The molecule has 0 N–H and O–H groups in total.